The highest BCUT2D eigenvalue weighted by molar-refractivity contribution is 5.96. The molecule has 0 unspecified atom stereocenters. The van der Waals surface area contributed by atoms with Crippen LogP contribution in [0.3, 0.4) is 0 Å². The summed E-state index contributed by atoms with van der Waals surface area (Å²) in [6.07, 6.45) is 3.27. The van der Waals surface area contributed by atoms with Gasteiger partial charge < -0.3 is 5.32 Å². The first-order valence-electron chi connectivity index (χ1n) is 8.56. The molecule has 0 aliphatic heterocycles. The average molecular weight is 323 g/mol. The summed E-state index contributed by atoms with van der Waals surface area (Å²) >= 11 is 0. The zero-order chi connectivity index (χ0) is 17.2. The van der Waals surface area contributed by atoms with Crippen LogP contribution >= 0.6 is 0 Å². The summed E-state index contributed by atoms with van der Waals surface area (Å²) in [4.78, 5) is 23.9. The Hall–Kier alpha value is -2.42. The number of benzene rings is 2. The molecule has 3 nitrogen and oxygen atoms in total. The number of carbonyl (C=O) groups is 2. The van der Waals surface area contributed by atoms with E-state index < -0.39 is 0 Å². The maximum atomic E-state index is 12.0. The summed E-state index contributed by atoms with van der Waals surface area (Å²) in [7, 11) is 0. The zero-order valence-corrected chi connectivity index (χ0v) is 14.2. The molecule has 2 aromatic rings. The van der Waals surface area contributed by atoms with E-state index in [-0.39, 0.29) is 17.7 Å². The normalized spacial score (nSPS) is 11.7. The number of rotatable bonds is 9. The topological polar surface area (TPSA) is 46.2 Å². The SMILES string of the molecule is C[C@H](CCc1ccccc1)NC(=O)CCCC(=O)c1ccccc1. The molecule has 0 aliphatic carbocycles. The highest BCUT2D eigenvalue weighted by Gasteiger charge is 2.10. The minimum atomic E-state index is 0.0245. The minimum Gasteiger partial charge on any atom is -0.354 e. The highest BCUT2D eigenvalue weighted by Crippen LogP contribution is 2.08. The highest BCUT2D eigenvalue weighted by atomic mass is 16.1. The Morgan fingerprint density at radius 1 is 0.917 bits per heavy atom. The van der Waals surface area contributed by atoms with Gasteiger partial charge in [0.1, 0.15) is 0 Å². The third kappa shape index (κ3) is 6.37. The molecule has 2 rings (SSSR count). The fraction of sp³-hybridized carbons (Fsp3) is 0.333. The molecule has 0 heterocycles. The first kappa shape index (κ1) is 17.9. The van der Waals surface area contributed by atoms with Crippen molar-refractivity contribution in [1.82, 2.24) is 5.32 Å². The molecule has 0 saturated heterocycles. The van der Waals surface area contributed by atoms with Gasteiger partial charge in [0, 0.05) is 24.4 Å². The van der Waals surface area contributed by atoms with E-state index in [1.54, 1.807) is 0 Å². The molecule has 0 fully saturated rings. The van der Waals surface area contributed by atoms with Gasteiger partial charge in [0.05, 0.1) is 0 Å². The quantitative estimate of drug-likeness (QED) is 0.704. The number of hydrogen-bond acceptors (Lipinski definition) is 2. The summed E-state index contributed by atoms with van der Waals surface area (Å²) in [6, 6.07) is 19.6. The van der Waals surface area contributed by atoms with E-state index in [0.717, 1.165) is 12.8 Å². The molecule has 1 N–H and O–H groups in total. The van der Waals surface area contributed by atoms with Crippen molar-refractivity contribution in [3.8, 4) is 0 Å². The Morgan fingerprint density at radius 3 is 2.21 bits per heavy atom. The Labute approximate surface area is 144 Å². The number of Topliss-reactive ketones (excluding diaryl/α,β-unsaturated/α-hetero) is 1. The van der Waals surface area contributed by atoms with Crippen molar-refractivity contribution in [2.45, 2.75) is 45.1 Å². The van der Waals surface area contributed by atoms with Crippen molar-refractivity contribution in [2.24, 2.45) is 0 Å². The molecular formula is C21H25NO2. The predicted octanol–water partition coefficient (Wildman–Crippen LogP) is 4.18. The van der Waals surface area contributed by atoms with E-state index >= 15 is 0 Å². The maximum Gasteiger partial charge on any atom is 0.220 e. The molecular weight excluding hydrogens is 298 g/mol. The van der Waals surface area contributed by atoms with Gasteiger partial charge in [0.25, 0.3) is 0 Å². The van der Waals surface area contributed by atoms with Crippen molar-refractivity contribution < 1.29 is 9.59 Å². The fourth-order valence-corrected chi connectivity index (χ4v) is 2.62. The van der Waals surface area contributed by atoms with E-state index in [4.69, 9.17) is 0 Å². The number of aryl methyl sites for hydroxylation is 1. The summed E-state index contributed by atoms with van der Waals surface area (Å²) in [6.45, 7) is 2.02. The van der Waals surface area contributed by atoms with Crippen LogP contribution in [0, 0.1) is 0 Å². The van der Waals surface area contributed by atoms with Gasteiger partial charge in [-0.3, -0.25) is 9.59 Å². The lowest BCUT2D eigenvalue weighted by Crippen LogP contribution is -2.32. The number of carbonyl (C=O) groups excluding carboxylic acids is 2. The van der Waals surface area contributed by atoms with Gasteiger partial charge in [-0.2, -0.15) is 0 Å². The van der Waals surface area contributed by atoms with Crippen LogP contribution in [0.15, 0.2) is 60.7 Å². The van der Waals surface area contributed by atoms with Crippen LogP contribution < -0.4 is 5.32 Å². The van der Waals surface area contributed by atoms with Crippen LogP contribution in [0.2, 0.25) is 0 Å². The largest absolute Gasteiger partial charge is 0.354 e. The maximum absolute atomic E-state index is 12.0. The molecule has 1 atom stereocenters. The average Bonchev–Trinajstić information content (AvgIpc) is 2.61. The van der Waals surface area contributed by atoms with Gasteiger partial charge in [0.2, 0.25) is 5.91 Å². The molecule has 0 aliphatic rings. The van der Waals surface area contributed by atoms with Crippen LogP contribution in [0.25, 0.3) is 0 Å². The van der Waals surface area contributed by atoms with Crippen LogP contribution in [-0.2, 0) is 11.2 Å². The van der Waals surface area contributed by atoms with E-state index in [1.807, 2.05) is 55.5 Å². The molecule has 2 aromatic carbocycles. The number of nitrogens with one attached hydrogen (secondary N) is 1. The zero-order valence-electron chi connectivity index (χ0n) is 14.2. The van der Waals surface area contributed by atoms with Crippen LogP contribution in [0.1, 0.15) is 48.5 Å². The Kier molecular flexibility index (Phi) is 7.21. The molecule has 0 aromatic heterocycles. The van der Waals surface area contributed by atoms with E-state index in [1.165, 1.54) is 5.56 Å². The summed E-state index contributed by atoms with van der Waals surface area (Å²) in [5, 5.41) is 3.01. The lowest BCUT2D eigenvalue weighted by atomic mass is 10.0. The Morgan fingerprint density at radius 2 is 1.54 bits per heavy atom. The second kappa shape index (κ2) is 9.66. The van der Waals surface area contributed by atoms with Crippen molar-refractivity contribution in [3.63, 3.8) is 0 Å². The second-order valence-electron chi connectivity index (χ2n) is 6.14. The summed E-state index contributed by atoms with van der Waals surface area (Å²) in [5.41, 5.74) is 2.00. The van der Waals surface area contributed by atoms with Gasteiger partial charge in [-0.05, 0) is 31.7 Å². The first-order chi connectivity index (χ1) is 11.6. The number of hydrogen-bond donors (Lipinski definition) is 1. The third-order valence-electron chi connectivity index (χ3n) is 4.02. The molecule has 3 heteroatoms. The Balaban J connectivity index is 1.63. The van der Waals surface area contributed by atoms with E-state index in [2.05, 4.69) is 17.4 Å². The van der Waals surface area contributed by atoms with E-state index in [0.29, 0.717) is 24.8 Å². The summed E-state index contributed by atoms with van der Waals surface area (Å²) in [5.74, 6) is 0.122. The van der Waals surface area contributed by atoms with Crippen molar-refractivity contribution in [2.75, 3.05) is 0 Å². The van der Waals surface area contributed by atoms with Crippen molar-refractivity contribution in [3.05, 3.63) is 71.8 Å². The standard InChI is InChI=1S/C21H25NO2/c1-17(15-16-18-9-4-2-5-10-18)22-21(24)14-8-13-20(23)19-11-6-3-7-12-19/h2-7,9-12,17H,8,13-16H2,1H3,(H,22,24)/t17-/m1/s1. The lowest BCUT2D eigenvalue weighted by Gasteiger charge is -2.13. The lowest BCUT2D eigenvalue weighted by molar-refractivity contribution is -0.121. The van der Waals surface area contributed by atoms with Gasteiger partial charge in [-0.15, -0.1) is 0 Å². The fourth-order valence-electron chi connectivity index (χ4n) is 2.62. The van der Waals surface area contributed by atoms with Crippen LogP contribution in [-0.4, -0.2) is 17.7 Å². The molecule has 126 valence electrons. The molecule has 1 amide bonds. The third-order valence-corrected chi connectivity index (χ3v) is 4.02. The van der Waals surface area contributed by atoms with E-state index in [9.17, 15) is 9.59 Å². The Bertz CT molecular complexity index is 637. The van der Waals surface area contributed by atoms with Crippen LogP contribution in [0.5, 0.6) is 0 Å². The molecule has 0 bridgehead atoms. The first-order valence-corrected chi connectivity index (χ1v) is 8.56. The predicted molar refractivity (Wildman–Crippen MR) is 97.0 cm³/mol. The number of amides is 1. The number of ketones is 1. The van der Waals surface area contributed by atoms with Gasteiger partial charge in [0.15, 0.2) is 5.78 Å². The minimum absolute atomic E-state index is 0.0245. The monoisotopic (exact) mass is 323 g/mol. The molecule has 0 spiro atoms. The molecule has 24 heavy (non-hydrogen) atoms. The summed E-state index contributed by atoms with van der Waals surface area (Å²) < 4.78 is 0. The van der Waals surface area contributed by atoms with Crippen molar-refractivity contribution >= 4 is 11.7 Å². The van der Waals surface area contributed by atoms with Crippen LogP contribution in [0.4, 0.5) is 0 Å². The molecule has 0 radical (unpaired) electrons. The van der Waals surface area contributed by atoms with Gasteiger partial charge >= 0.3 is 0 Å². The van der Waals surface area contributed by atoms with Crippen molar-refractivity contribution in [1.29, 1.82) is 0 Å². The van der Waals surface area contributed by atoms with Gasteiger partial charge in [-0.1, -0.05) is 60.7 Å². The smallest absolute Gasteiger partial charge is 0.220 e. The molecule has 0 saturated carbocycles. The van der Waals surface area contributed by atoms with Gasteiger partial charge in [-0.25, -0.2) is 0 Å². The second-order valence-corrected chi connectivity index (χ2v) is 6.14.